The van der Waals surface area contributed by atoms with Crippen molar-refractivity contribution in [1.29, 1.82) is 0 Å². The smallest absolute Gasteiger partial charge is 0.259 e. The third kappa shape index (κ3) is 3.96. The van der Waals surface area contributed by atoms with Crippen molar-refractivity contribution < 1.29 is 4.74 Å². The van der Waals surface area contributed by atoms with E-state index in [1.165, 1.54) is 5.69 Å². The van der Waals surface area contributed by atoms with Crippen LogP contribution in [0, 0.1) is 0 Å². The summed E-state index contributed by atoms with van der Waals surface area (Å²) in [6.45, 7) is 5.24. The molecule has 156 valence electrons. The lowest BCUT2D eigenvalue weighted by molar-refractivity contribution is 0.122. The van der Waals surface area contributed by atoms with Gasteiger partial charge in [-0.2, -0.15) is 0 Å². The van der Waals surface area contributed by atoms with Gasteiger partial charge in [-0.1, -0.05) is 0 Å². The van der Waals surface area contributed by atoms with Gasteiger partial charge in [-0.15, -0.1) is 0 Å². The van der Waals surface area contributed by atoms with Crippen LogP contribution in [0.5, 0.6) is 0 Å². The first-order chi connectivity index (χ1) is 14.8. The average Bonchev–Trinajstić information content (AvgIpc) is 3.28. The second kappa shape index (κ2) is 8.33. The zero-order chi connectivity index (χ0) is 20.3. The van der Waals surface area contributed by atoms with Crippen LogP contribution in [-0.2, 0) is 4.74 Å². The monoisotopic (exact) mass is 406 g/mol. The first-order valence-corrected chi connectivity index (χ1v) is 10.5. The van der Waals surface area contributed by atoms with Crippen LogP contribution in [0.3, 0.4) is 0 Å². The summed E-state index contributed by atoms with van der Waals surface area (Å²) < 4.78 is 5.43. The normalized spacial score (nSPS) is 19.2. The molecule has 8 heteroatoms. The molecule has 2 saturated heterocycles. The molecule has 30 heavy (non-hydrogen) atoms. The number of hydrogen-bond donors (Lipinski definition) is 4. The highest BCUT2D eigenvalue weighted by atomic mass is 16.5. The minimum atomic E-state index is -0.151. The van der Waals surface area contributed by atoms with Crippen LogP contribution in [0.2, 0.25) is 0 Å². The van der Waals surface area contributed by atoms with Gasteiger partial charge in [-0.05, 0) is 54.8 Å². The molecule has 8 nitrogen and oxygen atoms in total. The van der Waals surface area contributed by atoms with Crippen LogP contribution in [0.15, 0.2) is 47.4 Å². The summed E-state index contributed by atoms with van der Waals surface area (Å²) in [6.07, 6.45) is 2.73. The minimum Gasteiger partial charge on any atom is -0.378 e. The van der Waals surface area contributed by atoms with E-state index < -0.39 is 0 Å². The number of hydrogen-bond acceptors (Lipinski definition) is 7. The minimum absolute atomic E-state index is 0.151. The van der Waals surface area contributed by atoms with Crippen LogP contribution < -0.4 is 26.4 Å². The van der Waals surface area contributed by atoms with Gasteiger partial charge in [0.25, 0.3) is 5.56 Å². The van der Waals surface area contributed by atoms with Crippen LogP contribution in [0.4, 0.5) is 23.0 Å². The second-order valence-electron chi connectivity index (χ2n) is 7.73. The molecule has 2 aromatic heterocycles. The molecule has 2 fully saturated rings. The van der Waals surface area contributed by atoms with E-state index in [9.17, 15) is 4.79 Å². The van der Waals surface area contributed by atoms with Crippen LogP contribution >= 0.6 is 0 Å². The van der Waals surface area contributed by atoms with Gasteiger partial charge in [0.2, 0.25) is 0 Å². The molecule has 2 aliphatic rings. The van der Waals surface area contributed by atoms with Gasteiger partial charge in [0.1, 0.15) is 11.6 Å². The summed E-state index contributed by atoms with van der Waals surface area (Å²) in [5.41, 5.74) is 1.91. The van der Waals surface area contributed by atoms with Gasteiger partial charge in [0, 0.05) is 43.2 Å². The SMILES string of the molecule is O=c1[nH]ccc2cc(N[C@H]3CCNC3)nc(Nc3ccc(N4CCOCC4)cc3)c12. The standard InChI is InChI=1S/C22H26N6O2/c29-22-20-15(5-8-24-22)13-19(25-17-6-7-23-14-17)27-21(20)26-16-1-3-18(4-2-16)28-9-11-30-12-10-28/h1-5,8,13,17,23H,6-7,9-12,14H2,(H,24,29)(H2,25,26,27)/t17-/m0/s1. The largest absolute Gasteiger partial charge is 0.378 e. The number of ether oxygens (including phenoxy) is 1. The molecule has 1 atom stereocenters. The van der Waals surface area contributed by atoms with Crippen molar-refractivity contribution in [2.45, 2.75) is 12.5 Å². The van der Waals surface area contributed by atoms with E-state index in [0.29, 0.717) is 17.2 Å². The summed E-state index contributed by atoms with van der Waals surface area (Å²) >= 11 is 0. The predicted molar refractivity (Wildman–Crippen MR) is 120 cm³/mol. The van der Waals surface area contributed by atoms with Gasteiger partial charge < -0.3 is 30.6 Å². The number of benzene rings is 1. The van der Waals surface area contributed by atoms with Crippen LogP contribution in [0.1, 0.15) is 6.42 Å². The topological polar surface area (TPSA) is 94.3 Å². The Balaban J connectivity index is 1.44. The first kappa shape index (κ1) is 18.9. The molecular weight excluding hydrogens is 380 g/mol. The fourth-order valence-electron chi connectivity index (χ4n) is 4.08. The fraction of sp³-hybridized carbons (Fsp3) is 0.364. The summed E-state index contributed by atoms with van der Waals surface area (Å²) in [7, 11) is 0. The molecule has 5 rings (SSSR count). The van der Waals surface area contributed by atoms with Crippen molar-refractivity contribution >= 4 is 33.8 Å². The number of aromatic nitrogens is 2. The van der Waals surface area contributed by atoms with E-state index in [0.717, 1.165) is 62.7 Å². The third-order valence-corrected chi connectivity index (χ3v) is 5.67. The third-order valence-electron chi connectivity index (χ3n) is 5.67. The molecule has 3 aromatic rings. The number of anilines is 4. The highest BCUT2D eigenvalue weighted by Crippen LogP contribution is 2.27. The van der Waals surface area contributed by atoms with Crippen LogP contribution in [-0.4, -0.2) is 55.4 Å². The van der Waals surface area contributed by atoms with E-state index in [1.807, 2.05) is 24.3 Å². The maximum absolute atomic E-state index is 12.5. The molecular formula is C22H26N6O2. The number of morpholine rings is 1. The Hall–Kier alpha value is -3.10. The second-order valence-corrected chi connectivity index (χ2v) is 7.73. The van der Waals surface area contributed by atoms with Gasteiger partial charge in [0.05, 0.1) is 18.6 Å². The molecule has 0 spiro atoms. The fourth-order valence-corrected chi connectivity index (χ4v) is 4.08. The molecule has 0 radical (unpaired) electrons. The summed E-state index contributed by atoms with van der Waals surface area (Å²) in [4.78, 5) is 22.3. The van der Waals surface area contributed by atoms with Crippen LogP contribution in [0.25, 0.3) is 10.8 Å². The Labute approximate surface area is 174 Å². The zero-order valence-corrected chi connectivity index (χ0v) is 16.8. The summed E-state index contributed by atoms with van der Waals surface area (Å²) in [5.74, 6) is 1.33. The summed E-state index contributed by atoms with van der Waals surface area (Å²) in [6, 6.07) is 12.4. The van der Waals surface area contributed by atoms with Crippen molar-refractivity contribution in [2.24, 2.45) is 0 Å². The van der Waals surface area contributed by atoms with Crippen molar-refractivity contribution in [3.63, 3.8) is 0 Å². The molecule has 4 N–H and O–H groups in total. The molecule has 4 heterocycles. The van der Waals surface area contributed by atoms with Gasteiger partial charge in [0.15, 0.2) is 0 Å². The Bertz CT molecular complexity index is 1070. The van der Waals surface area contributed by atoms with Crippen molar-refractivity contribution in [1.82, 2.24) is 15.3 Å². The lowest BCUT2D eigenvalue weighted by Gasteiger charge is -2.29. The Kier molecular flexibility index (Phi) is 5.25. The van der Waals surface area contributed by atoms with Gasteiger partial charge in [-0.25, -0.2) is 4.98 Å². The molecule has 0 bridgehead atoms. The Morgan fingerprint density at radius 2 is 1.97 bits per heavy atom. The highest BCUT2D eigenvalue weighted by Gasteiger charge is 2.17. The molecule has 1 aromatic carbocycles. The quantitative estimate of drug-likeness (QED) is 0.516. The zero-order valence-electron chi connectivity index (χ0n) is 16.8. The summed E-state index contributed by atoms with van der Waals surface area (Å²) in [5, 5.41) is 11.6. The van der Waals surface area contributed by atoms with E-state index in [-0.39, 0.29) is 5.56 Å². The molecule has 0 unspecified atom stereocenters. The lowest BCUT2D eigenvalue weighted by atomic mass is 10.2. The molecule has 0 aliphatic carbocycles. The maximum atomic E-state index is 12.5. The van der Waals surface area contributed by atoms with Crippen molar-refractivity contribution in [3.05, 3.63) is 52.9 Å². The van der Waals surface area contributed by atoms with E-state index in [2.05, 4.69) is 38.0 Å². The van der Waals surface area contributed by atoms with Crippen molar-refractivity contribution in [2.75, 3.05) is 54.9 Å². The molecule has 0 amide bonds. The van der Waals surface area contributed by atoms with Gasteiger partial charge in [-0.3, -0.25) is 4.79 Å². The Morgan fingerprint density at radius 3 is 2.73 bits per heavy atom. The maximum Gasteiger partial charge on any atom is 0.259 e. The molecule has 0 saturated carbocycles. The number of pyridine rings is 2. The van der Waals surface area contributed by atoms with E-state index >= 15 is 0 Å². The van der Waals surface area contributed by atoms with E-state index in [4.69, 9.17) is 9.72 Å². The number of nitrogens with zero attached hydrogens (tertiary/aromatic N) is 2. The lowest BCUT2D eigenvalue weighted by Crippen LogP contribution is -2.36. The number of fused-ring (bicyclic) bond motifs is 1. The Morgan fingerprint density at radius 1 is 1.13 bits per heavy atom. The number of rotatable bonds is 5. The predicted octanol–water partition coefficient (Wildman–Crippen LogP) is 2.28. The average molecular weight is 406 g/mol. The highest BCUT2D eigenvalue weighted by molar-refractivity contribution is 5.94. The molecule has 2 aliphatic heterocycles. The van der Waals surface area contributed by atoms with Crippen molar-refractivity contribution in [3.8, 4) is 0 Å². The number of aromatic amines is 1. The number of nitrogens with one attached hydrogen (secondary N) is 4. The number of H-pyrrole nitrogens is 1. The first-order valence-electron chi connectivity index (χ1n) is 10.5. The van der Waals surface area contributed by atoms with E-state index in [1.54, 1.807) is 6.20 Å². The van der Waals surface area contributed by atoms with Gasteiger partial charge >= 0.3 is 0 Å².